The van der Waals surface area contributed by atoms with Gasteiger partial charge in [-0.3, -0.25) is 4.98 Å². The molecule has 2 rings (SSSR count). The maximum Gasteiger partial charge on any atom is 0.141 e. The van der Waals surface area contributed by atoms with Gasteiger partial charge in [-0.15, -0.1) is 0 Å². The van der Waals surface area contributed by atoms with Gasteiger partial charge in [0.15, 0.2) is 0 Å². The summed E-state index contributed by atoms with van der Waals surface area (Å²) in [6, 6.07) is 4.07. The van der Waals surface area contributed by atoms with Gasteiger partial charge in [0.25, 0.3) is 0 Å². The first kappa shape index (κ1) is 11.9. The van der Waals surface area contributed by atoms with Crippen molar-refractivity contribution < 1.29 is 4.74 Å². The fraction of sp³-hybridized carbons (Fsp3) is 0.571. The highest BCUT2D eigenvalue weighted by atomic mass is 16.5. The van der Waals surface area contributed by atoms with E-state index in [1.165, 1.54) is 19.3 Å². The van der Waals surface area contributed by atoms with E-state index in [9.17, 15) is 0 Å². The zero-order valence-electron chi connectivity index (χ0n) is 10.5. The van der Waals surface area contributed by atoms with Crippen LogP contribution in [-0.4, -0.2) is 11.1 Å². The van der Waals surface area contributed by atoms with Crippen molar-refractivity contribution in [3.63, 3.8) is 0 Å². The molecule has 3 heteroatoms. The number of rotatable bonds is 2. The number of nitriles is 1. The molecule has 17 heavy (non-hydrogen) atoms. The summed E-state index contributed by atoms with van der Waals surface area (Å²) in [5.41, 5.74) is 2.26. The Morgan fingerprint density at radius 2 is 2.00 bits per heavy atom. The summed E-state index contributed by atoms with van der Waals surface area (Å²) >= 11 is 0. The van der Waals surface area contributed by atoms with Gasteiger partial charge in [-0.1, -0.05) is 6.42 Å². The van der Waals surface area contributed by atoms with Gasteiger partial charge >= 0.3 is 0 Å². The van der Waals surface area contributed by atoms with Crippen LogP contribution in [0.3, 0.4) is 0 Å². The normalized spacial score (nSPS) is 16.5. The van der Waals surface area contributed by atoms with Gasteiger partial charge in [0, 0.05) is 11.8 Å². The molecule has 0 N–H and O–H groups in total. The minimum absolute atomic E-state index is 0.275. The first-order valence-corrected chi connectivity index (χ1v) is 6.25. The van der Waals surface area contributed by atoms with Crippen molar-refractivity contribution >= 4 is 0 Å². The van der Waals surface area contributed by atoms with Crippen molar-refractivity contribution in [3.05, 3.63) is 23.0 Å². The molecule has 0 spiro atoms. The maximum atomic E-state index is 9.15. The van der Waals surface area contributed by atoms with Crippen LogP contribution in [0.1, 0.15) is 49.1 Å². The van der Waals surface area contributed by atoms with Gasteiger partial charge in [-0.05, 0) is 39.5 Å². The lowest BCUT2D eigenvalue weighted by molar-refractivity contribution is 0.154. The van der Waals surface area contributed by atoms with E-state index in [1.807, 2.05) is 19.9 Å². The lowest BCUT2D eigenvalue weighted by Gasteiger charge is -2.23. The molecule has 0 aromatic carbocycles. The van der Waals surface area contributed by atoms with E-state index in [1.54, 1.807) is 0 Å². The van der Waals surface area contributed by atoms with Crippen molar-refractivity contribution in [2.45, 2.75) is 52.1 Å². The largest absolute Gasteiger partial charge is 0.489 e. The van der Waals surface area contributed by atoms with E-state index in [0.29, 0.717) is 11.3 Å². The highest BCUT2D eigenvalue weighted by Crippen LogP contribution is 2.27. The molecule has 1 aliphatic carbocycles. The van der Waals surface area contributed by atoms with Crippen LogP contribution < -0.4 is 4.74 Å². The SMILES string of the molecule is Cc1cc(OC2CCCCC2)c(C#N)c(C)n1. The second-order valence-corrected chi connectivity index (χ2v) is 4.71. The van der Waals surface area contributed by atoms with Crippen LogP contribution in [0.15, 0.2) is 6.07 Å². The van der Waals surface area contributed by atoms with E-state index in [2.05, 4.69) is 11.1 Å². The molecule has 1 heterocycles. The molecule has 3 nitrogen and oxygen atoms in total. The van der Waals surface area contributed by atoms with Crippen molar-refractivity contribution in [2.75, 3.05) is 0 Å². The average molecular weight is 230 g/mol. The van der Waals surface area contributed by atoms with E-state index in [-0.39, 0.29) is 6.10 Å². The zero-order chi connectivity index (χ0) is 12.3. The van der Waals surface area contributed by atoms with E-state index in [0.717, 1.165) is 24.2 Å². The lowest BCUT2D eigenvalue weighted by Crippen LogP contribution is -2.20. The molecule has 0 amide bonds. The van der Waals surface area contributed by atoms with Gasteiger partial charge in [0.1, 0.15) is 17.4 Å². The number of nitrogens with zero attached hydrogens (tertiary/aromatic N) is 2. The molecule has 1 fully saturated rings. The molecule has 0 atom stereocenters. The molecule has 0 unspecified atom stereocenters. The Hall–Kier alpha value is -1.56. The van der Waals surface area contributed by atoms with Gasteiger partial charge in [-0.2, -0.15) is 5.26 Å². The van der Waals surface area contributed by atoms with Gasteiger partial charge in [0.05, 0.1) is 11.8 Å². The summed E-state index contributed by atoms with van der Waals surface area (Å²) in [5.74, 6) is 0.712. The van der Waals surface area contributed by atoms with Crippen molar-refractivity contribution in [1.82, 2.24) is 4.98 Å². The second-order valence-electron chi connectivity index (χ2n) is 4.71. The quantitative estimate of drug-likeness (QED) is 0.783. The maximum absolute atomic E-state index is 9.15. The van der Waals surface area contributed by atoms with Crippen LogP contribution in [0.2, 0.25) is 0 Å². The smallest absolute Gasteiger partial charge is 0.141 e. The first-order valence-electron chi connectivity index (χ1n) is 6.25. The van der Waals surface area contributed by atoms with Crippen LogP contribution in [-0.2, 0) is 0 Å². The minimum Gasteiger partial charge on any atom is -0.489 e. The molecule has 1 aromatic rings. The monoisotopic (exact) mass is 230 g/mol. The van der Waals surface area contributed by atoms with Gasteiger partial charge in [0.2, 0.25) is 0 Å². The Kier molecular flexibility index (Phi) is 3.63. The molecule has 0 aliphatic heterocycles. The van der Waals surface area contributed by atoms with Crippen molar-refractivity contribution in [1.29, 1.82) is 5.26 Å². The van der Waals surface area contributed by atoms with Crippen LogP contribution >= 0.6 is 0 Å². The molecular formula is C14H18N2O. The number of aromatic nitrogens is 1. The molecule has 1 aliphatic rings. The fourth-order valence-corrected chi connectivity index (χ4v) is 2.38. The first-order chi connectivity index (χ1) is 8.20. The Bertz CT molecular complexity index is 442. The van der Waals surface area contributed by atoms with Crippen LogP contribution in [0.5, 0.6) is 5.75 Å². The number of hydrogen-bond acceptors (Lipinski definition) is 3. The predicted molar refractivity (Wildman–Crippen MR) is 65.9 cm³/mol. The molecule has 0 saturated heterocycles. The van der Waals surface area contributed by atoms with E-state index >= 15 is 0 Å². The Balaban J connectivity index is 2.22. The number of ether oxygens (including phenoxy) is 1. The minimum atomic E-state index is 0.275. The Morgan fingerprint density at radius 1 is 1.29 bits per heavy atom. The van der Waals surface area contributed by atoms with Gasteiger partial charge in [-0.25, -0.2) is 0 Å². The third kappa shape index (κ3) is 2.76. The molecule has 90 valence electrons. The summed E-state index contributed by atoms with van der Waals surface area (Å²) < 4.78 is 5.98. The topological polar surface area (TPSA) is 45.9 Å². The summed E-state index contributed by atoms with van der Waals surface area (Å²) in [4.78, 5) is 4.30. The molecule has 0 bridgehead atoms. The van der Waals surface area contributed by atoms with E-state index < -0.39 is 0 Å². The molecule has 1 aromatic heterocycles. The summed E-state index contributed by atoms with van der Waals surface area (Å²) in [5, 5.41) is 9.15. The standard InChI is InChI=1S/C14H18N2O/c1-10-8-14(13(9-15)11(2)16-10)17-12-6-4-3-5-7-12/h8,12H,3-7H2,1-2H3. The highest BCUT2D eigenvalue weighted by molar-refractivity contribution is 5.46. The predicted octanol–water partition coefficient (Wildman–Crippen LogP) is 3.28. The second kappa shape index (κ2) is 5.18. The average Bonchev–Trinajstić information content (AvgIpc) is 2.30. The molecular weight excluding hydrogens is 212 g/mol. The van der Waals surface area contributed by atoms with E-state index in [4.69, 9.17) is 10.00 Å². The van der Waals surface area contributed by atoms with Gasteiger partial charge < -0.3 is 4.74 Å². The highest BCUT2D eigenvalue weighted by Gasteiger charge is 2.18. The lowest BCUT2D eigenvalue weighted by atomic mass is 9.97. The Morgan fingerprint density at radius 3 is 2.65 bits per heavy atom. The third-order valence-corrected chi connectivity index (χ3v) is 3.25. The fourth-order valence-electron chi connectivity index (χ4n) is 2.38. The molecule has 1 saturated carbocycles. The molecule has 0 radical (unpaired) electrons. The number of hydrogen-bond donors (Lipinski definition) is 0. The van der Waals surface area contributed by atoms with Crippen LogP contribution in [0.4, 0.5) is 0 Å². The van der Waals surface area contributed by atoms with Crippen LogP contribution in [0.25, 0.3) is 0 Å². The third-order valence-electron chi connectivity index (χ3n) is 3.25. The van der Waals surface area contributed by atoms with Crippen LogP contribution in [0, 0.1) is 25.2 Å². The summed E-state index contributed by atoms with van der Waals surface area (Å²) in [6.07, 6.45) is 6.25. The Labute approximate surface area is 102 Å². The zero-order valence-corrected chi connectivity index (χ0v) is 10.5. The number of aryl methyl sites for hydroxylation is 2. The summed E-state index contributed by atoms with van der Waals surface area (Å²) in [6.45, 7) is 3.79. The van der Waals surface area contributed by atoms with Crippen molar-refractivity contribution in [3.8, 4) is 11.8 Å². The van der Waals surface area contributed by atoms with Crippen molar-refractivity contribution in [2.24, 2.45) is 0 Å². The summed E-state index contributed by atoms with van der Waals surface area (Å²) in [7, 11) is 0. The number of pyridine rings is 1.